The summed E-state index contributed by atoms with van der Waals surface area (Å²) in [5, 5.41) is 20.4. The molecular formula is C26H40O3. The summed E-state index contributed by atoms with van der Waals surface area (Å²) in [4.78, 5) is 0. The molecule has 0 amide bonds. The van der Waals surface area contributed by atoms with E-state index in [0.717, 1.165) is 36.8 Å². The highest BCUT2D eigenvalue weighted by Gasteiger charge is 2.32. The highest BCUT2D eigenvalue weighted by atomic mass is 16.5. The number of aliphatic hydroxyl groups is 2. The van der Waals surface area contributed by atoms with Crippen LogP contribution in [0.2, 0.25) is 0 Å². The van der Waals surface area contributed by atoms with E-state index in [-0.39, 0.29) is 12.2 Å². The minimum absolute atomic E-state index is 0.0660. The Morgan fingerprint density at radius 3 is 2.55 bits per heavy atom. The predicted octanol–water partition coefficient (Wildman–Crippen LogP) is 5.97. The van der Waals surface area contributed by atoms with Crippen LogP contribution in [0.4, 0.5) is 0 Å². The summed E-state index contributed by atoms with van der Waals surface area (Å²) in [5.41, 5.74) is 4.27. The minimum Gasteiger partial charge on any atom is -0.390 e. The molecule has 0 bridgehead atoms. The number of aliphatic hydroxyl groups excluding tert-OH is 2. The number of ether oxygens (including phenoxy) is 1. The summed E-state index contributed by atoms with van der Waals surface area (Å²) in [5.74, 6) is 0. The Balaban J connectivity index is 2.38. The molecular weight excluding hydrogens is 360 g/mol. The number of rotatable bonds is 13. The smallest absolute Gasteiger partial charge is 0.0876 e. The van der Waals surface area contributed by atoms with Crippen molar-refractivity contribution in [3.63, 3.8) is 0 Å². The van der Waals surface area contributed by atoms with E-state index in [4.69, 9.17) is 4.74 Å². The first-order valence-electron chi connectivity index (χ1n) is 10.7. The monoisotopic (exact) mass is 400 g/mol. The van der Waals surface area contributed by atoms with E-state index in [1.165, 1.54) is 11.1 Å². The molecule has 1 aliphatic rings. The highest BCUT2D eigenvalue weighted by molar-refractivity contribution is 5.26. The van der Waals surface area contributed by atoms with Gasteiger partial charge in [0.2, 0.25) is 0 Å². The summed E-state index contributed by atoms with van der Waals surface area (Å²) in [6.45, 7) is 18.0. The first-order chi connectivity index (χ1) is 13.7. The van der Waals surface area contributed by atoms with Gasteiger partial charge in [0, 0.05) is 6.42 Å². The molecule has 0 aliphatic carbocycles. The van der Waals surface area contributed by atoms with Gasteiger partial charge in [-0.15, -0.1) is 6.58 Å². The Hall–Kier alpha value is -1.68. The van der Waals surface area contributed by atoms with Crippen molar-refractivity contribution in [2.45, 2.75) is 90.1 Å². The van der Waals surface area contributed by atoms with Crippen molar-refractivity contribution in [1.29, 1.82) is 0 Å². The SMILES string of the molecule is C=CCC/C=C/C=C(\C)CC(=C)/C=C(\C)CC[C@@H](O)C(=C)C[C@H]1O[C@@H](C)C[C@H]1O. The lowest BCUT2D eigenvalue weighted by atomic mass is 9.96. The summed E-state index contributed by atoms with van der Waals surface area (Å²) >= 11 is 0. The summed E-state index contributed by atoms with van der Waals surface area (Å²) in [7, 11) is 0. The normalized spacial score (nSPS) is 24.1. The quantitative estimate of drug-likeness (QED) is 0.227. The standard InChI is InChI=1S/C26H40O3/c1-7-8-9-10-11-12-19(2)15-21(4)16-20(3)13-14-24(27)22(5)17-26-25(28)18-23(6)29-26/h7,10-12,16,23-28H,1,4-5,8-9,13-15,17-18H2,2-3,6H3/b11-10+,19-12+,20-16+/t23-,24+,25+,26+/m0/s1. The second-order valence-electron chi connectivity index (χ2n) is 8.34. The minimum atomic E-state index is -0.583. The van der Waals surface area contributed by atoms with Crippen LogP contribution >= 0.6 is 0 Å². The van der Waals surface area contributed by atoms with Crippen molar-refractivity contribution in [1.82, 2.24) is 0 Å². The molecule has 1 fully saturated rings. The molecule has 1 aliphatic heterocycles. The Labute approximate surface area is 177 Å². The molecule has 29 heavy (non-hydrogen) atoms. The lowest BCUT2D eigenvalue weighted by Gasteiger charge is -2.19. The molecule has 3 heteroatoms. The number of hydrogen-bond donors (Lipinski definition) is 2. The molecule has 0 aromatic rings. The molecule has 2 N–H and O–H groups in total. The van der Waals surface area contributed by atoms with Crippen molar-refractivity contribution in [3.8, 4) is 0 Å². The Kier molecular flexibility index (Phi) is 11.8. The zero-order chi connectivity index (χ0) is 21.8. The van der Waals surface area contributed by atoms with E-state index in [1.54, 1.807) is 0 Å². The third-order valence-corrected chi connectivity index (χ3v) is 5.17. The van der Waals surface area contributed by atoms with Gasteiger partial charge < -0.3 is 14.9 Å². The fourth-order valence-electron chi connectivity index (χ4n) is 3.51. The molecule has 0 aromatic heterocycles. The van der Waals surface area contributed by atoms with Crippen LogP contribution in [-0.2, 0) is 4.74 Å². The van der Waals surface area contributed by atoms with Crippen molar-refractivity contribution in [2.24, 2.45) is 0 Å². The maximum Gasteiger partial charge on any atom is 0.0876 e. The molecule has 0 spiro atoms. The van der Waals surface area contributed by atoms with E-state index in [1.807, 2.05) is 13.0 Å². The van der Waals surface area contributed by atoms with E-state index >= 15 is 0 Å². The molecule has 1 rings (SSSR count). The van der Waals surface area contributed by atoms with E-state index < -0.39 is 12.2 Å². The molecule has 162 valence electrons. The van der Waals surface area contributed by atoms with Crippen molar-refractivity contribution >= 4 is 0 Å². The molecule has 4 atom stereocenters. The molecule has 1 saturated heterocycles. The number of hydrogen-bond acceptors (Lipinski definition) is 3. The molecule has 0 aromatic carbocycles. The zero-order valence-corrected chi connectivity index (χ0v) is 18.6. The van der Waals surface area contributed by atoms with E-state index in [9.17, 15) is 10.2 Å². The molecule has 1 heterocycles. The first kappa shape index (κ1) is 25.4. The van der Waals surface area contributed by atoms with Gasteiger partial charge in [-0.25, -0.2) is 0 Å². The van der Waals surface area contributed by atoms with Crippen molar-refractivity contribution < 1.29 is 14.9 Å². The van der Waals surface area contributed by atoms with E-state index in [2.05, 4.69) is 57.9 Å². The fraction of sp³-hybridized carbons (Fsp3) is 0.538. The molecule has 0 radical (unpaired) electrons. The van der Waals surface area contributed by atoms with Gasteiger partial charge >= 0.3 is 0 Å². The van der Waals surface area contributed by atoms with Crippen LogP contribution in [0, 0.1) is 0 Å². The maximum absolute atomic E-state index is 10.4. The third kappa shape index (κ3) is 10.6. The van der Waals surface area contributed by atoms with Crippen LogP contribution in [0.25, 0.3) is 0 Å². The van der Waals surface area contributed by atoms with Gasteiger partial charge in [0.05, 0.1) is 24.4 Å². The lowest BCUT2D eigenvalue weighted by molar-refractivity contribution is 0.0134. The Morgan fingerprint density at radius 1 is 1.21 bits per heavy atom. The summed E-state index contributed by atoms with van der Waals surface area (Å²) in [6, 6.07) is 0. The van der Waals surface area contributed by atoms with Gasteiger partial charge in [-0.2, -0.15) is 0 Å². The number of allylic oxidation sites excluding steroid dienone is 8. The van der Waals surface area contributed by atoms with Crippen LogP contribution in [0.1, 0.15) is 65.7 Å². The molecule has 0 unspecified atom stereocenters. The maximum atomic E-state index is 10.4. The molecule has 0 saturated carbocycles. The average molecular weight is 401 g/mol. The van der Waals surface area contributed by atoms with Gasteiger partial charge in [0.1, 0.15) is 0 Å². The van der Waals surface area contributed by atoms with Gasteiger partial charge in [0.25, 0.3) is 0 Å². The first-order valence-corrected chi connectivity index (χ1v) is 10.7. The number of unbranched alkanes of at least 4 members (excludes halogenated alkanes) is 1. The summed E-state index contributed by atoms with van der Waals surface area (Å²) < 4.78 is 5.70. The third-order valence-electron chi connectivity index (χ3n) is 5.17. The largest absolute Gasteiger partial charge is 0.390 e. The van der Waals surface area contributed by atoms with Crippen molar-refractivity contribution in [2.75, 3.05) is 0 Å². The van der Waals surface area contributed by atoms with Crippen LogP contribution < -0.4 is 0 Å². The van der Waals surface area contributed by atoms with Gasteiger partial charge in [-0.1, -0.05) is 60.3 Å². The lowest BCUT2D eigenvalue weighted by Crippen LogP contribution is -2.24. The fourth-order valence-corrected chi connectivity index (χ4v) is 3.51. The second-order valence-corrected chi connectivity index (χ2v) is 8.34. The van der Waals surface area contributed by atoms with Crippen molar-refractivity contribution in [3.05, 3.63) is 72.4 Å². The van der Waals surface area contributed by atoms with Crippen LogP contribution in [-0.4, -0.2) is 34.6 Å². The topological polar surface area (TPSA) is 49.7 Å². The van der Waals surface area contributed by atoms with Gasteiger partial charge in [-0.05, 0) is 64.9 Å². The van der Waals surface area contributed by atoms with Gasteiger partial charge in [0.15, 0.2) is 0 Å². The Bertz CT molecular complexity index is 638. The average Bonchev–Trinajstić information content (AvgIpc) is 2.96. The summed E-state index contributed by atoms with van der Waals surface area (Å²) in [6.07, 6.45) is 14.6. The van der Waals surface area contributed by atoms with Crippen LogP contribution in [0.15, 0.2) is 72.4 Å². The van der Waals surface area contributed by atoms with Crippen LogP contribution in [0.3, 0.4) is 0 Å². The second kappa shape index (κ2) is 13.5. The zero-order valence-electron chi connectivity index (χ0n) is 18.6. The predicted molar refractivity (Wildman–Crippen MR) is 124 cm³/mol. The Morgan fingerprint density at radius 2 is 1.93 bits per heavy atom. The van der Waals surface area contributed by atoms with E-state index in [0.29, 0.717) is 19.3 Å². The van der Waals surface area contributed by atoms with Gasteiger partial charge in [-0.3, -0.25) is 0 Å². The highest BCUT2D eigenvalue weighted by Crippen LogP contribution is 2.27. The molecule has 3 nitrogen and oxygen atoms in total. The van der Waals surface area contributed by atoms with Crippen LogP contribution in [0.5, 0.6) is 0 Å².